The highest BCUT2D eigenvalue weighted by Crippen LogP contribution is 2.34. The van der Waals surface area contributed by atoms with E-state index in [0.717, 1.165) is 6.07 Å². The summed E-state index contributed by atoms with van der Waals surface area (Å²) in [5.74, 6) is 0.652. The maximum atomic E-state index is 13.0. The highest BCUT2D eigenvalue weighted by molar-refractivity contribution is 5.77. The summed E-state index contributed by atoms with van der Waals surface area (Å²) >= 11 is 0. The lowest BCUT2D eigenvalue weighted by Crippen LogP contribution is -2.34. The average Bonchev–Trinajstić information content (AvgIpc) is 2.41. The summed E-state index contributed by atoms with van der Waals surface area (Å²) < 4.78 is 43.8. The molecule has 0 aliphatic rings. The van der Waals surface area contributed by atoms with Gasteiger partial charge in [0, 0.05) is 6.54 Å². The van der Waals surface area contributed by atoms with Crippen molar-refractivity contribution in [3.05, 3.63) is 29.3 Å². The SMILES string of the molecule is COc1ccc(CN=C(N)NCC(C)C)c(C(F)(F)F)c1. The standard InChI is InChI=1S/C14H20F3N3O/c1-9(2)7-19-13(18)20-8-10-4-5-11(21-3)6-12(10)14(15,16)17/h4-6,9H,7-8H2,1-3H3,(H3,18,19,20). The molecule has 1 aromatic carbocycles. The van der Waals surface area contributed by atoms with E-state index in [-0.39, 0.29) is 23.8 Å². The highest BCUT2D eigenvalue weighted by Gasteiger charge is 2.33. The van der Waals surface area contributed by atoms with Gasteiger partial charge in [-0.3, -0.25) is 0 Å². The van der Waals surface area contributed by atoms with E-state index in [1.165, 1.54) is 19.2 Å². The van der Waals surface area contributed by atoms with E-state index in [2.05, 4.69) is 10.3 Å². The van der Waals surface area contributed by atoms with Crippen LogP contribution in [-0.2, 0) is 12.7 Å². The van der Waals surface area contributed by atoms with E-state index in [1.54, 1.807) is 0 Å². The molecule has 0 amide bonds. The Bertz CT molecular complexity index is 499. The van der Waals surface area contributed by atoms with E-state index in [0.29, 0.717) is 12.5 Å². The van der Waals surface area contributed by atoms with Gasteiger partial charge in [0.1, 0.15) is 5.75 Å². The van der Waals surface area contributed by atoms with Crippen molar-refractivity contribution in [1.29, 1.82) is 0 Å². The first-order valence-electron chi connectivity index (χ1n) is 6.52. The van der Waals surface area contributed by atoms with Crippen LogP contribution >= 0.6 is 0 Å². The predicted molar refractivity (Wildman–Crippen MR) is 76.2 cm³/mol. The number of hydrogen-bond donors (Lipinski definition) is 2. The van der Waals surface area contributed by atoms with Crippen molar-refractivity contribution in [2.45, 2.75) is 26.6 Å². The number of nitrogens with zero attached hydrogens (tertiary/aromatic N) is 1. The lowest BCUT2D eigenvalue weighted by Gasteiger charge is -2.13. The Labute approximate surface area is 122 Å². The topological polar surface area (TPSA) is 59.6 Å². The van der Waals surface area contributed by atoms with Gasteiger partial charge in [-0.2, -0.15) is 13.2 Å². The first-order valence-corrected chi connectivity index (χ1v) is 6.52. The van der Waals surface area contributed by atoms with Crippen LogP contribution < -0.4 is 15.8 Å². The van der Waals surface area contributed by atoms with Gasteiger partial charge < -0.3 is 15.8 Å². The van der Waals surface area contributed by atoms with Gasteiger partial charge in [-0.25, -0.2) is 4.99 Å². The Morgan fingerprint density at radius 3 is 2.57 bits per heavy atom. The first-order chi connectivity index (χ1) is 9.74. The van der Waals surface area contributed by atoms with Crippen molar-refractivity contribution >= 4 is 5.96 Å². The molecule has 0 aromatic heterocycles. The maximum Gasteiger partial charge on any atom is 0.416 e. The zero-order valence-corrected chi connectivity index (χ0v) is 12.3. The number of ether oxygens (including phenoxy) is 1. The van der Waals surface area contributed by atoms with Gasteiger partial charge in [-0.1, -0.05) is 19.9 Å². The van der Waals surface area contributed by atoms with Crippen molar-refractivity contribution in [2.24, 2.45) is 16.6 Å². The van der Waals surface area contributed by atoms with Crippen molar-refractivity contribution in [3.63, 3.8) is 0 Å². The predicted octanol–water partition coefficient (Wildman–Crippen LogP) is 2.77. The van der Waals surface area contributed by atoms with Crippen LogP contribution in [0.25, 0.3) is 0 Å². The van der Waals surface area contributed by atoms with Crippen LogP contribution in [-0.4, -0.2) is 19.6 Å². The molecule has 1 aromatic rings. The number of aliphatic imine (C=N–C) groups is 1. The quantitative estimate of drug-likeness (QED) is 0.649. The minimum atomic E-state index is -4.46. The average molecular weight is 303 g/mol. The van der Waals surface area contributed by atoms with Crippen LogP contribution in [0.4, 0.5) is 13.2 Å². The van der Waals surface area contributed by atoms with E-state index < -0.39 is 11.7 Å². The second-order valence-corrected chi connectivity index (χ2v) is 5.00. The van der Waals surface area contributed by atoms with E-state index >= 15 is 0 Å². The number of methoxy groups -OCH3 is 1. The lowest BCUT2D eigenvalue weighted by molar-refractivity contribution is -0.138. The van der Waals surface area contributed by atoms with Crippen molar-refractivity contribution in [2.75, 3.05) is 13.7 Å². The Morgan fingerprint density at radius 2 is 2.05 bits per heavy atom. The minimum Gasteiger partial charge on any atom is -0.497 e. The van der Waals surface area contributed by atoms with Crippen LogP contribution in [0.1, 0.15) is 25.0 Å². The summed E-state index contributed by atoms with van der Waals surface area (Å²) in [4.78, 5) is 3.94. The molecule has 0 radical (unpaired) electrons. The van der Waals surface area contributed by atoms with Crippen LogP contribution in [0, 0.1) is 5.92 Å². The number of guanidine groups is 1. The van der Waals surface area contributed by atoms with Gasteiger partial charge in [0.25, 0.3) is 0 Å². The van der Waals surface area contributed by atoms with Gasteiger partial charge in [0.15, 0.2) is 5.96 Å². The van der Waals surface area contributed by atoms with Gasteiger partial charge >= 0.3 is 6.18 Å². The molecule has 1 rings (SSSR count). The van der Waals surface area contributed by atoms with Crippen molar-refractivity contribution in [3.8, 4) is 5.75 Å². The number of rotatable bonds is 5. The maximum absolute atomic E-state index is 13.0. The minimum absolute atomic E-state index is 0.0533. The van der Waals surface area contributed by atoms with Gasteiger partial charge in [0.2, 0.25) is 0 Å². The lowest BCUT2D eigenvalue weighted by atomic mass is 10.1. The van der Waals surface area contributed by atoms with Gasteiger partial charge in [-0.15, -0.1) is 0 Å². The monoisotopic (exact) mass is 303 g/mol. The first kappa shape index (κ1) is 17.1. The van der Waals surface area contributed by atoms with Gasteiger partial charge in [0.05, 0.1) is 19.2 Å². The molecule has 0 atom stereocenters. The Kier molecular flexibility index (Phi) is 5.87. The number of benzene rings is 1. The molecule has 0 spiro atoms. The number of halogens is 3. The molecule has 3 N–H and O–H groups in total. The van der Waals surface area contributed by atoms with Crippen molar-refractivity contribution in [1.82, 2.24) is 5.32 Å². The summed E-state index contributed by atoms with van der Waals surface area (Å²) in [6, 6.07) is 3.78. The third-order valence-corrected chi connectivity index (χ3v) is 2.73. The molecule has 0 heterocycles. The zero-order chi connectivity index (χ0) is 16.0. The fraction of sp³-hybridized carbons (Fsp3) is 0.500. The van der Waals surface area contributed by atoms with Crippen LogP contribution in [0.15, 0.2) is 23.2 Å². The van der Waals surface area contributed by atoms with Gasteiger partial charge in [-0.05, 0) is 23.6 Å². The molecule has 0 saturated heterocycles. The van der Waals surface area contributed by atoms with Crippen LogP contribution in [0.5, 0.6) is 5.75 Å². The summed E-state index contributed by atoms with van der Waals surface area (Å²) in [6.45, 7) is 4.46. The highest BCUT2D eigenvalue weighted by atomic mass is 19.4. The van der Waals surface area contributed by atoms with Crippen LogP contribution in [0.3, 0.4) is 0 Å². The fourth-order valence-electron chi connectivity index (χ4n) is 1.62. The van der Waals surface area contributed by atoms with Crippen LogP contribution in [0.2, 0.25) is 0 Å². The molecule has 0 saturated carbocycles. The third kappa shape index (κ3) is 5.53. The van der Waals surface area contributed by atoms with E-state index in [9.17, 15) is 13.2 Å². The molecular weight excluding hydrogens is 283 g/mol. The molecular formula is C14H20F3N3O. The fourth-order valence-corrected chi connectivity index (χ4v) is 1.62. The molecule has 0 aliphatic carbocycles. The number of nitrogens with one attached hydrogen (secondary N) is 1. The second-order valence-electron chi connectivity index (χ2n) is 5.00. The molecule has 0 fully saturated rings. The summed E-state index contributed by atoms with van der Waals surface area (Å²) in [5, 5.41) is 2.85. The normalized spacial score (nSPS) is 12.6. The summed E-state index contributed by atoms with van der Waals surface area (Å²) in [5.41, 5.74) is 4.91. The smallest absolute Gasteiger partial charge is 0.416 e. The molecule has 0 bridgehead atoms. The third-order valence-electron chi connectivity index (χ3n) is 2.73. The Balaban J connectivity index is 2.90. The summed E-state index contributed by atoms with van der Waals surface area (Å²) in [7, 11) is 1.32. The molecule has 21 heavy (non-hydrogen) atoms. The Morgan fingerprint density at radius 1 is 1.38 bits per heavy atom. The molecule has 0 unspecified atom stereocenters. The zero-order valence-electron chi connectivity index (χ0n) is 12.3. The van der Waals surface area contributed by atoms with E-state index in [4.69, 9.17) is 10.5 Å². The number of nitrogens with two attached hydrogens (primary N) is 1. The van der Waals surface area contributed by atoms with E-state index in [1.807, 2.05) is 13.8 Å². The second kappa shape index (κ2) is 7.19. The largest absolute Gasteiger partial charge is 0.497 e. The molecule has 4 nitrogen and oxygen atoms in total. The number of hydrogen-bond acceptors (Lipinski definition) is 2. The molecule has 7 heteroatoms. The number of alkyl halides is 3. The molecule has 0 aliphatic heterocycles. The summed E-state index contributed by atoms with van der Waals surface area (Å²) in [6.07, 6.45) is -4.46. The molecule has 118 valence electrons. The van der Waals surface area contributed by atoms with Crippen molar-refractivity contribution < 1.29 is 17.9 Å². The Hall–Kier alpha value is -1.92.